The van der Waals surface area contributed by atoms with Crippen LogP contribution in [-0.4, -0.2) is 22.1 Å². The standard InChI is InChI=1S/C18H32O4S/c1-3-4-5-6-7-8-9-10-11-12-13-14-15-16-17-18-22-23(19,20)21-2/h7-8,10-11,13-14H,3-6,9,12,15-18H2,1-2H3/b8-7+,11-10+,14-13+. The van der Waals surface area contributed by atoms with Crippen molar-refractivity contribution in [3.05, 3.63) is 36.5 Å². The Hall–Kier alpha value is -0.910. The van der Waals surface area contributed by atoms with E-state index in [1.807, 2.05) is 0 Å². The molecule has 4 nitrogen and oxygen atoms in total. The van der Waals surface area contributed by atoms with Crippen molar-refractivity contribution in [3.8, 4) is 0 Å². The molecule has 0 aromatic heterocycles. The van der Waals surface area contributed by atoms with Gasteiger partial charge in [-0.15, -0.1) is 0 Å². The van der Waals surface area contributed by atoms with E-state index in [9.17, 15) is 8.42 Å². The first kappa shape index (κ1) is 22.1. The molecule has 0 fully saturated rings. The molecule has 0 bridgehead atoms. The zero-order valence-electron chi connectivity index (χ0n) is 14.6. The molecule has 5 heteroatoms. The molecular formula is C18H32O4S. The first-order chi connectivity index (χ1) is 11.1. The Morgan fingerprint density at radius 2 is 1.30 bits per heavy atom. The summed E-state index contributed by atoms with van der Waals surface area (Å²) in [5.41, 5.74) is 0. The first-order valence-corrected chi connectivity index (χ1v) is 9.85. The smallest absolute Gasteiger partial charge is 0.252 e. The number of unbranched alkanes of at least 4 members (excludes halogenated alkanes) is 5. The Labute approximate surface area is 142 Å². The van der Waals surface area contributed by atoms with Gasteiger partial charge in [-0.2, -0.15) is 8.42 Å². The van der Waals surface area contributed by atoms with Crippen LogP contribution in [0.25, 0.3) is 0 Å². The van der Waals surface area contributed by atoms with Crippen LogP contribution in [0.3, 0.4) is 0 Å². The van der Waals surface area contributed by atoms with Gasteiger partial charge in [-0.05, 0) is 44.9 Å². The van der Waals surface area contributed by atoms with Crippen LogP contribution in [-0.2, 0) is 18.8 Å². The first-order valence-electron chi connectivity index (χ1n) is 8.52. The second-order valence-electron chi connectivity index (χ2n) is 5.27. The molecule has 0 saturated carbocycles. The van der Waals surface area contributed by atoms with Crippen molar-refractivity contribution in [3.63, 3.8) is 0 Å². The summed E-state index contributed by atoms with van der Waals surface area (Å²) in [4.78, 5) is 0. The third kappa shape index (κ3) is 17.3. The highest BCUT2D eigenvalue weighted by Gasteiger charge is 2.06. The summed E-state index contributed by atoms with van der Waals surface area (Å²) in [6, 6.07) is 0. The Balaban J connectivity index is 3.42. The minimum absolute atomic E-state index is 0.175. The summed E-state index contributed by atoms with van der Waals surface area (Å²) in [6.07, 6.45) is 22.7. The second kappa shape index (κ2) is 16.0. The molecule has 0 radical (unpaired) electrons. The van der Waals surface area contributed by atoms with E-state index in [1.165, 1.54) is 25.7 Å². The van der Waals surface area contributed by atoms with Crippen LogP contribution in [0.15, 0.2) is 36.5 Å². The molecule has 0 atom stereocenters. The zero-order chi connectivity index (χ0) is 17.2. The molecule has 0 N–H and O–H groups in total. The number of rotatable bonds is 15. The van der Waals surface area contributed by atoms with Gasteiger partial charge in [0.25, 0.3) is 0 Å². The molecule has 0 spiro atoms. The molecule has 134 valence electrons. The van der Waals surface area contributed by atoms with Gasteiger partial charge in [-0.25, -0.2) is 4.18 Å². The van der Waals surface area contributed by atoms with Gasteiger partial charge in [0.15, 0.2) is 0 Å². The summed E-state index contributed by atoms with van der Waals surface area (Å²) in [5, 5.41) is 0. The summed E-state index contributed by atoms with van der Waals surface area (Å²) in [5.74, 6) is 0. The largest absolute Gasteiger partial charge is 0.399 e. The molecule has 0 unspecified atom stereocenters. The highest BCUT2D eigenvalue weighted by molar-refractivity contribution is 7.81. The topological polar surface area (TPSA) is 52.6 Å². The molecule has 0 aliphatic rings. The van der Waals surface area contributed by atoms with Gasteiger partial charge in [-0.3, -0.25) is 4.18 Å². The van der Waals surface area contributed by atoms with Crippen LogP contribution in [0.1, 0.15) is 64.7 Å². The number of allylic oxidation sites excluding steroid dienone is 6. The van der Waals surface area contributed by atoms with Crippen molar-refractivity contribution < 1.29 is 16.8 Å². The fourth-order valence-electron chi connectivity index (χ4n) is 1.86. The summed E-state index contributed by atoms with van der Waals surface area (Å²) >= 11 is 0. The van der Waals surface area contributed by atoms with Crippen molar-refractivity contribution in [2.75, 3.05) is 13.7 Å². The Morgan fingerprint density at radius 1 is 0.783 bits per heavy atom. The predicted molar refractivity (Wildman–Crippen MR) is 96.5 cm³/mol. The molecule has 0 heterocycles. The lowest BCUT2D eigenvalue weighted by atomic mass is 10.2. The maximum absolute atomic E-state index is 10.9. The lowest BCUT2D eigenvalue weighted by molar-refractivity contribution is 0.239. The minimum atomic E-state index is -3.77. The molecule has 23 heavy (non-hydrogen) atoms. The summed E-state index contributed by atoms with van der Waals surface area (Å²) in [6.45, 7) is 2.40. The van der Waals surface area contributed by atoms with Crippen LogP contribution >= 0.6 is 0 Å². The third-order valence-electron chi connectivity index (χ3n) is 3.22. The Morgan fingerprint density at radius 3 is 1.83 bits per heavy atom. The van der Waals surface area contributed by atoms with E-state index < -0.39 is 10.4 Å². The van der Waals surface area contributed by atoms with Gasteiger partial charge in [0.1, 0.15) is 0 Å². The maximum atomic E-state index is 10.9. The number of hydrogen-bond acceptors (Lipinski definition) is 4. The fraction of sp³-hybridized carbons (Fsp3) is 0.667. The van der Waals surface area contributed by atoms with Gasteiger partial charge in [0, 0.05) is 0 Å². The van der Waals surface area contributed by atoms with E-state index in [-0.39, 0.29) is 6.61 Å². The van der Waals surface area contributed by atoms with Crippen LogP contribution in [0, 0.1) is 0 Å². The second-order valence-corrected chi connectivity index (χ2v) is 6.66. The van der Waals surface area contributed by atoms with E-state index in [2.05, 4.69) is 51.7 Å². The Kier molecular flexibility index (Phi) is 15.3. The van der Waals surface area contributed by atoms with Gasteiger partial charge in [0.2, 0.25) is 0 Å². The van der Waals surface area contributed by atoms with Gasteiger partial charge < -0.3 is 0 Å². The van der Waals surface area contributed by atoms with Crippen molar-refractivity contribution in [1.29, 1.82) is 0 Å². The maximum Gasteiger partial charge on any atom is 0.399 e. The molecule has 0 rings (SSSR count). The Bertz CT molecular complexity index is 436. The highest BCUT2D eigenvalue weighted by atomic mass is 32.3. The average Bonchev–Trinajstić information content (AvgIpc) is 2.54. The molecule has 0 aliphatic heterocycles. The van der Waals surface area contributed by atoms with Crippen molar-refractivity contribution >= 4 is 10.4 Å². The molecule has 0 saturated heterocycles. The minimum Gasteiger partial charge on any atom is -0.252 e. The number of hydrogen-bond donors (Lipinski definition) is 0. The fourth-order valence-corrected chi connectivity index (χ4v) is 2.28. The van der Waals surface area contributed by atoms with Crippen molar-refractivity contribution in [1.82, 2.24) is 0 Å². The summed E-state index contributed by atoms with van der Waals surface area (Å²) < 4.78 is 30.5. The quantitative estimate of drug-likeness (QED) is 0.306. The van der Waals surface area contributed by atoms with E-state index in [0.29, 0.717) is 6.42 Å². The molecule has 0 aromatic rings. The summed E-state index contributed by atoms with van der Waals surface area (Å²) in [7, 11) is -2.68. The van der Waals surface area contributed by atoms with Crippen LogP contribution < -0.4 is 0 Å². The monoisotopic (exact) mass is 344 g/mol. The van der Waals surface area contributed by atoms with Crippen LogP contribution in [0.5, 0.6) is 0 Å². The molecular weight excluding hydrogens is 312 g/mol. The SMILES string of the molecule is CCCCC/C=C/C/C=C/C/C=C/CCCCOS(=O)(=O)OC. The molecule has 0 aliphatic carbocycles. The molecule has 0 amide bonds. The average molecular weight is 345 g/mol. The molecule has 0 aromatic carbocycles. The lowest BCUT2D eigenvalue weighted by Crippen LogP contribution is -2.08. The van der Waals surface area contributed by atoms with E-state index in [1.54, 1.807) is 0 Å². The van der Waals surface area contributed by atoms with Gasteiger partial charge in [-0.1, -0.05) is 56.2 Å². The lowest BCUT2D eigenvalue weighted by Gasteiger charge is -2.01. The van der Waals surface area contributed by atoms with E-state index in [4.69, 9.17) is 0 Å². The highest BCUT2D eigenvalue weighted by Crippen LogP contribution is 2.02. The van der Waals surface area contributed by atoms with Crippen molar-refractivity contribution in [2.45, 2.75) is 64.7 Å². The van der Waals surface area contributed by atoms with Gasteiger partial charge in [0.05, 0.1) is 13.7 Å². The zero-order valence-corrected chi connectivity index (χ0v) is 15.4. The predicted octanol–water partition coefficient (Wildman–Crippen LogP) is 5.09. The third-order valence-corrected chi connectivity index (χ3v) is 4.08. The van der Waals surface area contributed by atoms with Crippen molar-refractivity contribution in [2.24, 2.45) is 0 Å². The van der Waals surface area contributed by atoms with Crippen LogP contribution in [0.4, 0.5) is 0 Å². The van der Waals surface area contributed by atoms with Crippen LogP contribution in [0.2, 0.25) is 0 Å². The van der Waals surface area contributed by atoms with E-state index >= 15 is 0 Å². The normalized spacial score (nSPS) is 13.0. The van der Waals surface area contributed by atoms with E-state index in [0.717, 1.165) is 32.8 Å². The van der Waals surface area contributed by atoms with Gasteiger partial charge >= 0.3 is 10.4 Å².